The Balaban J connectivity index is 2.46. The van der Waals surface area contributed by atoms with Crippen LogP contribution in [0.15, 0.2) is 12.3 Å². The summed E-state index contributed by atoms with van der Waals surface area (Å²) in [6.07, 6.45) is 1.03. The minimum atomic E-state index is -0.984. The first-order valence-electron chi connectivity index (χ1n) is 4.15. The highest BCUT2D eigenvalue weighted by atomic mass is 19.1. The van der Waals surface area contributed by atoms with Crippen LogP contribution in [0.1, 0.15) is 13.8 Å². The van der Waals surface area contributed by atoms with Gasteiger partial charge >= 0.3 is 0 Å². The van der Waals surface area contributed by atoms with Gasteiger partial charge in [-0.1, -0.05) is 0 Å². The average Bonchev–Trinajstić information content (AvgIpc) is 2.07. The third-order valence-electron chi connectivity index (χ3n) is 1.96. The van der Waals surface area contributed by atoms with Crippen molar-refractivity contribution < 1.29 is 13.9 Å². The maximum absolute atomic E-state index is 12.8. The number of carbonyl (C=O) groups is 1. The number of rotatable bonds is 0. The van der Waals surface area contributed by atoms with Crippen molar-refractivity contribution in [2.75, 3.05) is 5.32 Å². The number of hydrogen-bond donors (Lipinski definition) is 1. The Labute approximate surface area is 80.1 Å². The van der Waals surface area contributed by atoms with E-state index in [2.05, 4.69) is 10.3 Å². The molecule has 1 aromatic heterocycles. The number of aromatic nitrogens is 1. The van der Waals surface area contributed by atoms with E-state index in [4.69, 9.17) is 4.74 Å². The third kappa shape index (κ3) is 1.30. The summed E-state index contributed by atoms with van der Waals surface area (Å²) >= 11 is 0. The molecule has 0 atom stereocenters. The van der Waals surface area contributed by atoms with Crippen molar-refractivity contribution in [3.63, 3.8) is 0 Å². The van der Waals surface area contributed by atoms with Crippen molar-refractivity contribution >= 4 is 11.7 Å². The van der Waals surface area contributed by atoms with Gasteiger partial charge in [0.25, 0.3) is 5.91 Å². The summed E-state index contributed by atoms with van der Waals surface area (Å²) in [4.78, 5) is 15.1. The molecule has 0 fully saturated rings. The normalized spacial score (nSPS) is 18.1. The number of hydrogen-bond acceptors (Lipinski definition) is 3. The number of fused-ring (bicyclic) bond motifs is 1. The number of pyridine rings is 1. The zero-order chi connectivity index (χ0) is 10.3. The van der Waals surface area contributed by atoms with Crippen LogP contribution in [0.25, 0.3) is 0 Å². The molecule has 14 heavy (non-hydrogen) atoms. The molecule has 0 radical (unpaired) electrons. The molecule has 0 unspecified atom stereocenters. The van der Waals surface area contributed by atoms with Crippen LogP contribution in [-0.4, -0.2) is 16.5 Å². The Morgan fingerprint density at radius 2 is 2.29 bits per heavy atom. The lowest BCUT2D eigenvalue weighted by atomic mass is 10.1. The van der Waals surface area contributed by atoms with Crippen LogP contribution in [0.3, 0.4) is 0 Å². The predicted octanol–water partition coefficient (Wildman–Crippen LogP) is 1.33. The van der Waals surface area contributed by atoms with Gasteiger partial charge in [0.05, 0.1) is 6.20 Å². The number of nitrogens with zero attached hydrogens (tertiary/aromatic N) is 1. The predicted molar refractivity (Wildman–Crippen MR) is 47.5 cm³/mol. The molecule has 0 saturated carbocycles. The number of amides is 1. The van der Waals surface area contributed by atoms with Gasteiger partial charge in [-0.3, -0.25) is 4.79 Å². The molecule has 1 N–H and O–H groups in total. The topological polar surface area (TPSA) is 51.2 Å². The summed E-state index contributed by atoms with van der Waals surface area (Å²) < 4.78 is 18.1. The minimum absolute atomic E-state index is 0.259. The van der Waals surface area contributed by atoms with Crippen LogP contribution in [0.2, 0.25) is 0 Å². The molecule has 1 amide bonds. The first kappa shape index (κ1) is 8.93. The van der Waals surface area contributed by atoms with E-state index < -0.39 is 11.4 Å². The lowest BCUT2D eigenvalue weighted by molar-refractivity contribution is -0.129. The van der Waals surface area contributed by atoms with Gasteiger partial charge in [-0.05, 0) is 13.8 Å². The van der Waals surface area contributed by atoms with Gasteiger partial charge < -0.3 is 10.1 Å². The monoisotopic (exact) mass is 196 g/mol. The van der Waals surface area contributed by atoms with E-state index in [0.717, 1.165) is 6.20 Å². The van der Waals surface area contributed by atoms with Crippen LogP contribution >= 0.6 is 0 Å². The molecular formula is C9H9FN2O2. The first-order valence-corrected chi connectivity index (χ1v) is 4.15. The van der Waals surface area contributed by atoms with Gasteiger partial charge in [0.2, 0.25) is 0 Å². The molecule has 1 aliphatic heterocycles. The van der Waals surface area contributed by atoms with Crippen molar-refractivity contribution in [2.45, 2.75) is 19.4 Å². The molecule has 0 aromatic carbocycles. The minimum Gasteiger partial charge on any atom is -0.474 e. The third-order valence-corrected chi connectivity index (χ3v) is 1.96. The molecule has 0 spiro atoms. The molecule has 0 saturated heterocycles. The second-order valence-electron chi connectivity index (χ2n) is 3.57. The van der Waals surface area contributed by atoms with Crippen LogP contribution in [0.4, 0.5) is 10.2 Å². The van der Waals surface area contributed by atoms with Crippen LogP contribution in [0.5, 0.6) is 5.75 Å². The van der Waals surface area contributed by atoms with Gasteiger partial charge in [0.1, 0.15) is 5.82 Å². The molecule has 2 heterocycles. The summed E-state index contributed by atoms with van der Waals surface area (Å²) in [6.45, 7) is 3.21. The molecule has 2 rings (SSSR count). The summed E-state index contributed by atoms with van der Waals surface area (Å²) in [5, 5.41) is 2.54. The Hall–Kier alpha value is -1.65. The average molecular weight is 196 g/mol. The lowest BCUT2D eigenvalue weighted by Crippen LogP contribution is -2.46. The Morgan fingerprint density at radius 3 is 3.00 bits per heavy atom. The number of carbonyl (C=O) groups excluding carboxylic acids is 1. The van der Waals surface area contributed by atoms with Crippen LogP contribution < -0.4 is 10.1 Å². The van der Waals surface area contributed by atoms with Crippen molar-refractivity contribution in [1.29, 1.82) is 0 Å². The van der Waals surface area contributed by atoms with Crippen LogP contribution in [0, 0.1) is 5.82 Å². The zero-order valence-corrected chi connectivity index (χ0v) is 7.80. The van der Waals surface area contributed by atoms with Gasteiger partial charge in [0.15, 0.2) is 17.2 Å². The Morgan fingerprint density at radius 1 is 1.57 bits per heavy atom. The van der Waals surface area contributed by atoms with Crippen molar-refractivity contribution in [3.8, 4) is 5.75 Å². The smallest absolute Gasteiger partial charge is 0.269 e. The summed E-state index contributed by atoms with van der Waals surface area (Å²) in [5.74, 6) is -0.259. The van der Waals surface area contributed by atoms with E-state index in [1.165, 1.54) is 6.07 Å². The van der Waals surface area contributed by atoms with E-state index >= 15 is 0 Å². The second-order valence-corrected chi connectivity index (χ2v) is 3.57. The SMILES string of the molecule is CC1(C)Oc2cc(F)cnc2NC1=O. The highest BCUT2D eigenvalue weighted by molar-refractivity contribution is 5.99. The number of anilines is 1. The summed E-state index contributed by atoms with van der Waals surface area (Å²) in [5.41, 5.74) is -0.984. The van der Waals surface area contributed by atoms with E-state index in [0.29, 0.717) is 0 Å². The van der Waals surface area contributed by atoms with Gasteiger partial charge in [0, 0.05) is 6.07 Å². The molecule has 74 valence electrons. The summed E-state index contributed by atoms with van der Waals surface area (Å²) in [6, 6.07) is 1.20. The highest BCUT2D eigenvalue weighted by Gasteiger charge is 2.36. The second kappa shape index (κ2) is 2.67. The van der Waals surface area contributed by atoms with Crippen molar-refractivity contribution in [3.05, 3.63) is 18.1 Å². The molecule has 5 heteroatoms. The van der Waals surface area contributed by atoms with E-state index in [1.807, 2.05) is 0 Å². The fourth-order valence-corrected chi connectivity index (χ4v) is 1.17. The van der Waals surface area contributed by atoms with Gasteiger partial charge in [-0.25, -0.2) is 9.37 Å². The maximum atomic E-state index is 12.8. The molecule has 0 aliphatic carbocycles. The molecule has 1 aliphatic rings. The fourth-order valence-electron chi connectivity index (χ4n) is 1.17. The van der Waals surface area contributed by atoms with Crippen molar-refractivity contribution in [1.82, 2.24) is 4.98 Å². The summed E-state index contributed by atoms with van der Waals surface area (Å²) in [7, 11) is 0. The van der Waals surface area contributed by atoms with Crippen molar-refractivity contribution in [2.24, 2.45) is 0 Å². The van der Waals surface area contributed by atoms with E-state index in [-0.39, 0.29) is 17.5 Å². The fraction of sp³-hybridized carbons (Fsp3) is 0.333. The molecule has 4 nitrogen and oxygen atoms in total. The Kier molecular flexibility index (Phi) is 1.70. The molecular weight excluding hydrogens is 187 g/mol. The highest BCUT2D eigenvalue weighted by Crippen LogP contribution is 2.31. The number of ether oxygens (including phenoxy) is 1. The molecule has 0 bridgehead atoms. The van der Waals surface area contributed by atoms with Crippen LogP contribution in [-0.2, 0) is 4.79 Å². The van der Waals surface area contributed by atoms with E-state index in [9.17, 15) is 9.18 Å². The van der Waals surface area contributed by atoms with Gasteiger partial charge in [-0.15, -0.1) is 0 Å². The zero-order valence-electron chi connectivity index (χ0n) is 7.80. The van der Waals surface area contributed by atoms with Gasteiger partial charge in [-0.2, -0.15) is 0 Å². The number of halogens is 1. The van der Waals surface area contributed by atoms with E-state index in [1.54, 1.807) is 13.8 Å². The number of nitrogens with one attached hydrogen (secondary N) is 1. The maximum Gasteiger partial charge on any atom is 0.269 e. The lowest BCUT2D eigenvalue weighted by Gasteiger charge is -2.30. The Bertz CT molecular complexity index is 404. The standard InChI is InChI=1S/C9H9FN2O2/c1-9(2)8(13)12-7-6(14-9)3-5(10)4-11-7/h3-4H,1-2H3,(H,11,12,13). The first-order chi connectivity index (χ1) is 6.49. The molecule has 1 aromatic rings. The largest absolute Gasteiger partial charge is 0.474 e. The quantitative estimate of drug-likeness (QED) is 0.681.